The Morgan fingerprint density at radius 1 is 0.786 bits per heavy atom. The molecule has 0 amide bonds. The molecule has 1 saturated carbocycles. The summed E-state index contributed by atoms with van der Waals surface area (Å²) in [5.74, 6) is 2.25. The van der Waals surface area contributed by atoms with Crippen molar-refractivity contribution in [1.29, 1.82) is 0 Å². The molecule has 0 N–H and O–H groups in total. The summed E-state index contributed by atoms with van der Waals surface area (Å²) in [6.07, 6.45) is 11.6. The van der Waals surface area contributed by atoms with Gasteiger partial charge in [0.2, 0.25) is 0 Å². The predicted octanol–water partition coefficient (Wildman–Crippen LogP) is 6.23. The highest BCUT2D eigenvalue weighted by Crippen LogP contribution is 2.63. The van der Waals surface area contributed by atoms with Gasteiger partial charge in [-0.05, 0) is 47.4 Å². The van der Waals surface area contributed by atoms with Crippen LogP contribution in [-0.2, 0) is 5.41 Å². The van der Waals surface area contributed by atoms with E-state index in [-0.39, 0.29) is 0 Å². The van der Waals surface area contributed by atoms with Crippen LogP contribution in [0.1, 0.15) is 85.5 Å². The molecule has 1 saturated heterocycles. The minimum Gasteiger partial charge on any atom is -0.302 e. The lowest BCUT2D eigenvalue weighted by molar-refractivity contribution is 0.231. The van der Waals surface area contributed by atoms with E-state index in [9.17, 15) is 0 Å². The van der Waals surface area contributed by atoms with Gasteiger partial charge in [-0.2, -0.15) is 0 Å². The molecule has 0 radical (unpaired) electrons. The van der Waals surface area contributed by atoms with Gasteiger partial charge in [-0.1, -0.05) is 80.6 Å². The first-order valence-electron chi connectivity index (χ1n) is 11.8. The zero-order valence-electron chi connectivity index (χ0n) is 17.1. The first-order valence-corrected chi connectivity index (χ1v) is 11.8. The molecule has 3 unspecified atom stereocenters. The number of nitrogens with zero attached hydrogens (tertiary/aromatic N) is 1. The van der Waals surface area contributed by atoms with Crippen molar-refractivity contribution in [2.75, 3.05) is 19.6 Å². The van der Waals surface area contributed by atoms with Crippen LogP contribution in [0.25, 0.3) is 0 Å². The number of hydrogen-bond acceptors (Lipinski definition) is 1. The van der Waals surface area contributed by atoms with E-state index in [4.69, 9.17) is 0 Å². The van der Waals surface area contributed by atoms with Crippen molar-refractivity contribution in [3.05, 3.63) is 70.8 Å². The van der Waals surface area contributed by atoms with Crippen molar-refractivity contribution >= 4 is 0 Å². The Morgan fingerprint density at radius 3 is 2.29 bits per heavy atom. The van der Waals surface area contributed by atoms with Gasteiger partial charge in [0, 0.05) is 36.9 Å². The summed E-state index contributed by atoms with van der Waals surface area (Å²) in [7, 11) is 0. The van der Waals surface area contributed by atoms with Crippen molar-refractivity contribution in [1.82, 2.24) is 4.90 Å². The lowest BCUT2D eigenvalue weighted by Gasteiger charge is -2.37. The van der Waals surface area contributed by atoms with Gasteiger partial charge in [0.15, 0.2) is 0 Å². The minimum atomic E-state index is 0.372. The summed E-state index contributed by atoms with van der Waals surface area (Å²) >= 11 is 0. The van der Waals surface area contributed by atoms with Crippen LogP contribution in [0.2, 0.25) is 0 Å². The molecule has 2 bridgehead atoms. The Labute approximate surface area is 170 Å². The summed E-state index contributed by atoms with van der Waals surface area (Å²) in [6.45, 7) is 3.90. The molecule has 1 nitrogen and oxygen atoms in total. The van der Waals surface area contributed by atoms with Crippen LogP contribution in [0.5, 0.6) is 0 Å². The van der Waals surface area contributed by atoms with Crippen LogP contribution in [0.15, 0.2) is 48.5 Å². The van der Waals surface area contributed by atoms with Crippen molar-refractivity contribution < 1.29 is 0 Å². The number of likely N-dealkylation sites (tertiary alicyclic amines) is 1. The van der Waals surface area contributed by atoms with Gasteiger partial charge in [-0.15, -0.1) is 0 Å². The fraction of sp³-hybridized carbons (Fsp3) is 0.556. The molecule has 0 aromatic heterocycles. The van der Waals surface area contributed by atoms with Gasteiger partial charge in [0.25, 0.3) is 0 Å². The molecule has 1 spiro atoms. The standard InChI is InChI=1S/C27H33N/c1-2-4-10-20(11-5-3-1)17-28-18-26-22-13-7-6-12-21(22)24-16-27(26,19-28)25-15-9-8-14-23(24)25/h6-9,12-15,20,24,26H,1-5,10-11,16-19H2. The molecule has 6 rings (SSSR count). The Kier molecular flexibility index (Phi) is 4.15. The van der Waals surface area contributed by atoms with Crippen LogP contribution in [0.4, 0.5) is 0 Å². The molecular formula is C27H33N. The molecule has 2 aromatic carbocycles. The lowest BCUT2D eigenvalue weighted by Crippen LogP contribution is -2.35. The average Bonchev–Trinajstić information content (AvgIpc) is 3.22. The number of benzene rings is 2. The molecule has 1 heterocycles. The number of fused-ring (bicyclic) bond motifs is 3. The number of hydrogen-bond donors (Lipinski definition) is 0. The molecule has 1 heteroatoms. The van der Waals surface area contributed by atoms with E-state index >= 15 is 0 Å². The molecule has 2 fully saturated rings. The summed E-state index contributed by atoms with van der Waals surface area (Å²) < 4.78 is 0. The maximum absolute atomic E-state index is 2.87. The summed E-state index contributed by atoms with van der Waals surface area (Å²) in [5.41, 5.74) is 6.97. The Morgan fingerprint density at radius 2 is 1.46 bits per heavy atom. The fourth-order valence-electron chi connectivity index (χ4n) is 7.37. The van der Waals surface area contributed by atoms with Gasteiger partial charge in [0.05, 0.1) is 0 Å². The summed E-state index contributed by atoms with van der Waals surface area (Å²) in [6, 6.07) is 18.8. The van der Waals surface area contributed by atoms with Crippen LogP contribution in [0, 0.1) is 5.92 Å². The molecule has 4 aliphatic rings. The van der Waals surface area contributed by atoms with Crippen LogP contribution in [-0.4, -0.2) is 24.5 Å². The molecule has 3 atom stereocenters. The van der Waals surface area contributed by atoms with Crippen LogP contribution < -0.4 is 0 Å². The van der Waals surface area contributed by atoms with Crippen molar-refractivity contribution in [3.8, 4) is 0 Å². The highest BCUT2D eigenvalue weighted by atomic mass is 15.2. The number of rotatable bonds is 2. The van der Waals surface area contributed by atoms with Gasteiger partial charge in [0.1, 0.15) is 0 Å². The van der Waals surface area contributed by atoms with Gasteiger partial charge in [-0.25, -0.2) is 0 Å². The maximum Gasteiger partial charge on any atom is 0.0173 e. The Balaban J connectivity index is 1.35. The van der Waals surface area contributed by atoms with Gasteiger partial charge >= 0.3 is 0 Å². The van der Waals surface area contributed by atoms with Crippen molar-refractivity contribution in [2.24, 2.45) is 5.92 Å². The molecule has 1 aliphatic heterocycles. The van der Waals surface area contributed by atoms with Gasteiger partial charge in [-0.3, -0.25) is 0 Å². The Hall–Kier alpha value is -1.60. The second-order valence-electron chi connectivity index (χ2n) is 10.1. The zero-order valence-corrected chi connectivity index (χ0v) is 17.1. The second kappa shape index (κ2) is 6.73. The highest BCUT2D eigenvalue weighted by Gasteiger charge is 2.57. The molecule has 3 aliphatic carbocycles. The molecule has 2 aromatic rings. The van der Waals surface area contributed by atoms with E-state index in [0.29, 0.717) is 17.3 Å². The van der Waals surface area contributed by atoms with Crippen LogP contribution >= 0.6 is 0 Å². The van der Waals surface area contributed by atoms with Crippen LogP contribution in [0.3, 0.4) is 0 Å². The van der Waals surface area contributed by atoms with E-state index in [1.54, 1.807) is 22.3 Å². The first kappa shape index (κ1) is 17.3. The molecular weight excluding hydrogens is 338 g/mol. The van der Waals surface area contributed by atoms with E-state index in [1.807, 2.05) is 0 Å². The van der Waals surface area contributed by atoms with E-state index in [2.05, 4.69) is 53.4 Å². The quantitative estimate of drug-likeness (QED) is 0.604. The summed E-state index contributed by atoms with van der Waals surface area (Å²) in [5, 5.41) is 0. The lowest BCUT2D eigenvalue weighted by atomic mass is 9.65. The predicted molar refractivity (Wildman–Crippen MR) is 116 cm³/mol. The first-order chi connectivity index (χ1) is 13.9. The van der Waals surface area contributed by atoms with E-state index in [0.717, 1.165) is 5.92 Å². The van der Waals surface area contributed by atoms with Gasteiger partial charge < -0.3 is 4.90 Å². The van der Waals surface area contributed by atoms with Crippen molar-refractivity contribution in [2.45, 2.75) is 68.6 Å². The maximum atomic E-state index is 2.87. The third-order valence-corrected chi connectivity index (χ3v) is 8.54. The Bertz CT molecular complexity index is 851. The third kappa shape index (κ3) is 2.55. The molecule has 28 heavy (non-hydrogen) atoms. The zero-order chi connectivity index (χ0) is 18.6. The highest BCUT2D eigenvalue weighted by molar-refractivity contribution is 5.58. The topological polar surface area (TPSA) is 3.24 Å². The normalized spacial score (nSPS) is 32.3. The smallest absolute Gasteiger partial charge is 0.0173 e. The van der Waals surface area contributed by atoms with Crippen molar-refractivity contribution in [3.63, 3.8) is 0 Å². The van der Waals surface area contributed by atoms with E-state index < -0.39 is 0 Å². The SMILES string of the molecule is c1ccc2c(c1)C1CC3(CN(CC4CCCCCCC4)CC23)c2ccccc21. The average molecular weight is 372 g/mol. The molecule has 146 valence electrons. The second-order valence-corrected chi connectivity index (χ2v) is 10.1. The monoisotopic (exact) mass is 371 g/mol. The largest absolute Gasteiger partial charge is 0.302 e. The summed E-state index contributed by atoms with van der Waals surface area (Å²) in [4.78, 5) is 2.87. The fourth-order valence-corrected chi connectivity index (χ4v) is 7.37. The van der Waals surface area contributed by atoms with E-state index in [1.165, 1.54) is 71.0 Å². The third-order valence-electron chi connectivity index (χ3n) is 8.54. The minimum absolute atomic E-state index is 0.372.